The molecule has 3 heterocycles. The van der Waals surface area contributed by atoms with E-state index in [9.17, 15) is 4.79 Å². The van der Waals surface area contributed by atoms with Crippen LogP contribution in [0.1, 0.15) is 21.3 Å². The second-order valence-electron chi connectivity index (χ2n) is 4.37. The highest BCUT2D eigenvalue weighted by molar-refractivity contribution is 7.18. The summed E-state index contributed by atoms with van der Waals surface area (Å²) < 4.78 is 2.46. The van der Waals surface area contributed by atoms with Crippen LogP contribution in [0.25, 0.3) is 0 Å². The third-order valence-corrected chi connectivity index (χ3v) is 4.96. The van der Waals surface area contributed by atoms with Crippen LogP contribution < -0.4 is 5.32 Å². The van der Waals surface area contributed by atoms with Gasteiger partial charge in [0.15, 0.2) is 0 Å². The first-order valence-corrected chi connectivity index (χ1v) is 8.42. The van der Waals surface area contributed by atoms with Gasteiger partial charge in [0.1, 0.15) is 0 Å². The van der Waals surface area contributed by atoms with Crippen molar-refractivity contribution in [3.63, 3.8) is 0 Å². The van der Waals surface area contributed by atoms with Crippen LogP contribution in [0.2, 0.25) is 4.34 Å². The molecule has 0 bridgehead atoms. The highest BCUT2D eigenvalue weighted by atomic mass is 35.5. The summed E-state index contributed by atoms with van der Waals surface area (Å²) >= 11 is 8.76. The van der Waals surface area contributed by atoms with Crippen LogP contribution in [-0.4, -0.2) is 22.2 Å². The van der Waals surface area contributed by atoms with Gasteiger partial charge in [-0.3, -0.25) is 9.48 Å². The van der Waals surface area contributed by atoms with E-state index in [4.69, 9.17) is 11.6 Å². The van der Waals surface area contributed by atoms with Crippen LogP contribution in [0, 0.1) is 0 Å². The van der Waals surface area contributed by atoms with E-state index in [2.05, 4.69) is 15.8 Å². The predicted octanol–water partition coefficient (Wildman–Crippen LogP) is 3.68. The average molecular weight is 338 g/mol. The fraction of sp³-hybridized carbons (Fsp3) is 0.143. The number of carbonyl (C=O) groups excluding carboxylic acids is 1. The number of hydrogen-bond donors (Lipinski definition) is 1. The Hall–Kier alpha value is -1.63. The van der Waals surface area contributed by atoms with Gasteiger partial charge in [-0.1, -0.05) is 11.6 Å². The summed E-state index contributed by atoms with van der Waals surface area (Å²) in [6, 6.07) is 7.37. The summed E-state index contributed by atoms with van der Waals surface area (Å²) in [5.74, 6) is -0.112. The Labute approximate surface area is 135 Å². The Bertz CT molecular complexity index is 672. The van der Waals surface area contributed by atoms with Crippen molar-refractivity contribution in [2.75, 3.05) is 6.54 Å². The normalized spacial score (nSPS) is 12.2. The summed E-state index contributed by atoms with van der Waals surface area (Å²) in [5.41, 5.74) is 1.13. The molecule has 1 N–H and O–H groups in total. The van der Waals surface area contributed by atoms with E-state index in [1.807, 2.05) is 28.4 Å². The number of hydrogen-bond acceptors (Lipinski definition) is 4. The molecule has 0 aromatic carbocycles. The topological polar surface area (TPSA) is 46.9 Å². The number of aromatic nitrogens is 2. The standard InChI is InChI=1S/C14H12ClN3OS2/c15-13-3-2-12(21-13)14(19)16-8-11(10-4-7-20-9-10)18-6-1-5-17-18/h1-7,9,11H,8H2,(H,16,19)/t11-/m0/s1. The number of nitrogens with zero attached hydrogens (tertiary/aromatic N) is 2. The summed E-state index contributed by atoms with van der Waals surface area (Å²) in [5, 5.41) is 11.3. The molecule has 3 aromatic heterocycles. The Balaban J connectivity index is 1.72. The number of nitrogens with one attached hydrogen (secondary N) is 1. The molecule has 7 heteroatoms. The second kappa shape index (κ2) is 6.43. The molecular weight excluding hydrogens is 326 g/mol. The molecule has 0 aliphatic rings. The lowest BCUT2D eigenvalue weighted by molar-refractivity contribution is 0.0953. The zero-order valence-electron chi connectivity index (χ0n) is 10.9. The van der Waals surface area contributed by atoms with Gasteiger partial charge in [0.2, 0.25) is 0 Å². The molecule has 0 fully saturated rings. The summed E-state index contributed by atoms with van der Waals surface area (Å²) in [6.45, 7) is 0.479. The van der Waals surface area contributed by atoms with Gasteiger partial charge in [0.05, 0.1) is 15.3 Å². The summed E-state index contributed by atoms with van der Waals surface area (Å²) in [4.78, 5) is 12.7. The maximum atomic E-state index is 12.1. The minimum atomic E-state index is -0.112. The van der Waals surface area contributed by atoms with Crippen LogP contribution in [0.4, 0.5) is 0 Å². The number of halogens is 1. The van der Waals surface area contributed by atoms with Gasteiger partial charge >= 0.3 is 0 Å². The fourth-order valence-corrected chi connectivity index (χ4v) is 3.67. The highest BCUT2D eigenvalue weighted by Crippen LogP contribution is 2.22. The Kier molecular flexibility index (Phi) is 4.38. The van der Waals surface area contributed by atoms with E-state index in [0.29, 0.717) is 15.8 Å². The van der Waals surface area contributed by atoms with Crippen molar-refractivity contribution in [2.45, 2.75) is 6.04 Å². The van der Waals surface area contributed by atoms with Crippen molar-refractivity contribution in [1.82, 2.24) is 15.1 Å². The first-order valence-electron chi connectivity index (χ1n) is 6.29. The van der Waals surface area contributed by atoms with Crippen LogP contribution >= 0.6 is 34.3 Å². The van der Waals surface area contributed by atoms with Gasteiger partial charge in [-0.05, 0) is 40.6 Å². The Morgan fingerprint density at radius 3 is 2.95 bits per heavy atom. The van der Waals surface area contributed by atoms with Crippen molar-refractivity contribution in [1.29, 1.82) is 0 Å². The molecule has 0 saturated carbocycles. The third-order valence-electron chi connectivity index (χ3n) is 3.03. The van der Waals surface area contributed by atoms with E-state index in [1.165, 1.54) is 11.3 Å². The molecule has 1 amide bonds. The molecule has 0 aliphatic heterocycles. The van der Waals surface area contributed by atoms with E-state index >= 15 is 0 Å². The number of amides is 1. The predicted molar refractivity (Wildman–Crippen MR) is 86.3 cm³/mol. The maximum absolute atomic E-state index is 12.1. The average Bonchev–Trinajstić information content (AvgIpc) is 3.21. The molecule has 108 valence electrons. The highest BCUT2D eigenvalue weighted by Gasteiger charge is 2.17. The quantitative estimate of drug-likeness (QED) is 0.772. The lowest BCUT2D eigenvalue weighted by Crippen LogP contribution is -2.31. The van der Waals surface area contributed by atoms with E-state index < -0.39 is 0 Å². The summed E-state index contributed by atoms with van der Waals surface area (Å²) in [6.07, 6.45) is 3.64. The lowest BCUT2D eigenvalue weighted by atomic mass is 10.1. The van der Waals surface area contributed by atoms with Gasteiger partial charge in [-0.2, -0.15) is 16.4 Å². The molecule has 21 heavy (non-hydrogen) atoms. The molecule has 3 rings (SSSR count). The van der Waals surface area contributed by atoms with E-state index in [1.54, 1.807) is 29.7 Å². The Morgan fingerprint density at radius 1 is 1.43 bits per heavy atom. The van der Waals surface area contributed by atoms with Crippen LogP contribution in [0.15, 0.2) is 47.4 Å². The van der Waals surface area contributed by atoms with Crippen molar-refractivity contribution in [3.05, 3.63) is 62.2 Å². The largest absolute Gasteiger partial charge is 0.349 e. The molecule has 0 spiro atoms. The molecule has 3 aromatic rings. The first-order chi connectivity index (χ1) is 10.2. The van der Waals surface area contributed by atoms with Crippen molar-refractivity contribution >= 4 is 40.2 Å². The van der Waals surface area contributed by atoms with Crippen molar-refractivity contribution in [3.8, 4) is 0 Å². The summed E-state index contributed by atoms with van der Waals surface area (Å²) in [7, 11) is 0. The minimum Gasteiger partial charge on any atom is -0.349 e. The minimum absolute atomic E-state index is 0.00867. The van der Waals surface area contributed by atoms with Gasteiger partial charge in [-0.15, -0.1) is 11.3 Å². The number of carbonyl (C=O) groups is 1. The third kappa shape index (κ3) is 3.34. The molecule has 0 radical (unpaired) electrons. The molecule has 0 unspecified atom stereocenters. The zero-order chi connectivity index (χ0) is 14.7. The monoisotopic (exact) mass is 337 g/mol. The Morgan fingerprint density at radius 2 is 2.33 bits per heavy atom. The first kappa shape index (κ1) is 14.3. The second-order valence-corrected chi connectivity index (χ2v) is 6.87. The zero-order valence-corrected chi connectivity index (χ0v) is 13.3. The van der Waals surface area contributed by atoms with Gasteiger partial charge in [0.25, 0.3) is 5.91 Å². The van der Waals surface area contributed by atoms with E-state index in [-0.39, 0.29) is 11.9 Å². The lowest BCUT2D eigenvalue weighted by Gasteiger charge is -2.17. The molecule has 1 atom stereocenters. The van der Waals surface area contributed by atoms with Gasteiger partial charge in [-0.25, -0.2) is 0 Å². The smallest absolute Gasteiger partial charge is 0.261 e. The van der Waals surface area contributed by atoms with Crippen LogP contribution in [0.3, 0.4) is 0 Å². The maximum Gasteiger partial charge on any atom is 0.261 e. The van der Waals surface area contributed by atoms with Crippen LogP contribution in [-0.2, 0) is 0 Å². The molecular formula is C14H12ClN3OS2. The SMILES string of the molecule is O=C(NC[C@@H](c1ccsc1)n1cccn1)c1ccc(Cl)s1. The van der Waals surface area contributed by atoms with E-state index in [0.717, 1.165) is 5.56 Å². The van der Waals surface area contributed by atoms with Gasteiger partial charge in [0, 0.05) is 18.9 Å². The molecule has 0 aliphatic carbocycles. The number of thiophene rings is 2. The molecule has 0 saturated heterocycles. The van der Waals surface area contributed by atoms with Crippen molar-refractivity contribution < 1.29 is 4.79 Å². The van der Waals surface area contributed by atoms with Crippen molar-refractivity contribution in [2.24, 2.45) is 0 Å². The number of rotatable bonds is 5. The van der Waals surface area contributed by atoms with Gasteiger partial charge < -0.3 is 5.32 Å². The molecule has 4 nitrogen and oxygen atoms in total. The fourth-order valence-electron chi connectivity index (χ4n) is 2.01. The van der Waals surface area contributed by atoms with Crippen LogP contribution in [0.5, 0.6) is 0 Å².